The molecule has 2 heteroatoms. The molecule has 0 spiro atoms. The molecular weight excluding hydrogens is 797 g/mol. The van der Waals surface area contributed by atoms with Gasteiger partial charge in [-0.3, -0.25) is 0 Å². The van der Waals surface area contributed by atoms with Crippen molar-refractivity contribution < 1.29 is 0 Å². The van der Waals surface area contributed by atoms with E-state index in [0.29, 0.717) is 0 Å². The first-order valence-corrected chi connectivity index (χ1v) is 22.7. The molecule has 1 aromatic heterocycles. The fraction of sp³-hybridized carbons (Fsp3) is 0. The molecule has 0 saturated carbocycles. The predicted octanol–water partition coefficient (Wildman–Crippen LogP) is 17.7. The first-order chi connectivity index (χ1) is 32.7. The van der Waals surface area contributed by atoms with Gasteiger partial charge in [0.1, 0.15) is 0 Å². The van der Waals surface area contributed by atoms with Crippen molar-refractivity contribution in [2.24, 2.45) is 0 Å². The average molecular weight is 839 g/mol. The van der Waals surface area contributed by atoms with Crippen LogP contribution in [-0.4, -0.2) is 4.57 Å². The summed E-state index contributed by atoms with van der Waals surface area (Å²) in [5.74, 6) is 0. The third-order valence-corrected chi connectivity index (χ3v) is 13.5. The van der Waals surface area contributed by atoms with Gasteiger partial charge in [-0.2, -0.15) is 0 Å². The summed E-state index contributed by atoms with van der Waals surface area (Å²) in [5, 5.41) is 8.77. The molecule has 1 N–H and O–H groups in total. The van der Waals surface area contributed by atoms with Crippen molar-refractivity contribution in [3.8, 4) is 83.6 Å². The first kappa shape index (κ1) is 37.8. The molecule has 2 heterocycles. The Morgan fingerprint density at radius 2 is 0.697 bits per heavy atom. The summed E-state index contributed by atoms with van der Waals surface area (Å²) >= 11 is 0. The van der Waals surface area contributed by atoms with Gasteiger partial charge in [0, 0.05) is 39.0 Å². The second-order valence-electron chi connectivity index (χ2n) is 17.4. The van der Waals surface area contributed by atoms with E-state index in [2.05, 4.69) is 259 Å². The molecule has 11 aromatic carbocycles. The second-order valence-corrected chi connectivity index (χ2v) is 17.4. The Labute approximate surface area is 384 Å². The normalized spacial score (nSPS) is 11.8. The molecule has 0 radical (unpaired) electrons. The molecule has 2 bridgehead atoms. The van der Waals surface area contributed by atoms with Gasteiger partial charge in [-0.25, -0.2) is 0 Å². The van der Waals surface area contributed by atoms with Crippen molar-refractivity contribution >= 4 is 44.0 Å². The highest BCUT2D eigenvalue weighted by atomic mass is 15.0. The lowest BCUT2D eigenvalue weighted by atomic mass is 9.86. The largest absolute Gasteiger partial charge is 0.355 e. The third kappa shape index (κ3) is 6.50. The summed E-state index contributed by atoms with van der Waals surface area (Å²) in [5.41, 5.74) is 22.4. The van der Waals surface area contributed by atoms with Crippen molar-refractivity contribution in [2.75, 3.05) is 5.32 Å². The van der Waals surface area contributed by atoms with Gasteiger partial charge >= 0.3 is 0 Å². The minimum Gasteiger partial charge on any atom is -0.355 e. The number of fused-ring (bicyclic) bond motifs is 12. The van der Waals surface area contributed by atoms with Crippen LogP contribution in [0.25, 0.3) is 116 Å². The lowest BCUT2D eigenvalue weighted by Gasteiger charge is -2.22. The van der Waals surface area contributed by atoms with Gasteiger partial charge < -0.3 is 9.88 Å². The van der Waals surface area contributed by atoms with E-state index in [4.69, 9.17) is 0 Å². The summed E-state index contributed by atoms with van der Waals surface area (Å²) in [6, 6.07) is 91.2. The second kappa shape index (κ2) is 15.5. The molecule has 12 aromatic rings. The molecule has 0 aliphatic carbocycles. The van der Waals surface area contributed by atoms with Crippen LogP contribution in [0.4, 0.5) is 11.4 Å². The fourth-order valence-corrected chi connectivity index (χ4v) is 10.2. The van der Waals surface area contributed by atoms with E-state index in [0.717, 1.165) is 17.1 Å². The van der Waals surface area contributed by atoms with Crippen LogP contribution in [0, 0.1) is 0 Å². The van der Waals surface area contributed by atoms with Gasteiger partial charge in [0.2, 0.25) is 0 Å². The Morgan fingerprint density at radius 3 is 1.39 bits per heavy atom. The number of rotatable bonds is 5. The zero-order valence-corrected chi connectivity index (χ0v) is 36.1. The quantitative estimate of drug-likeness (QED) is 0.183. The Bertz CT molecular complexity index is 3760. The Balaban J connectivity index is 0.931. The summed E-state index contributed by atoms with van der Waals surface area (Å²) in [7, 11) is 0. The van der Waals surface area contributed by atoms with Crippen LogP contribution in [0.2, 0.25) is 0 Å². The Hall–Kier alpha value is -8.72. The topological polar surface area (TPSA) is 17.0 Å². The van der Waals surface area contributed by atoms with Gasteiger partial charge in [0.25, 0.3) is 0 Å². The lowest BCUT2D eigenvalue weighted by Crippen LogP contribution is -1.99. The van der Waals surface area contributed by atoms with Crippen molar-refractivity contribution in [3.05, 3.63) is 249 Å². The molecule has 0 atom stereocenters. The van der Waals surface area contributed by atoms with E-state index in [1.165, 1.54) is 110 Å². The van der Waals surface area contributed by atoms with Gasteiger partial charge in [-0.05, 0) is 156 Å². The molecule has 308 valence electrons. The number of anilines is 2. The molecule has 0 amide bonds. The monoisotopic (exact) mass is 838 g/mol. The minimum absolute atomic E-state index is 1.09. The SMILES string of the molecule is c1ccc(-c2cc(-c3ccccc3)cc(-n3c4ccccc4c4cc(-c5ccc(-c6cc7cc(c6)-c6cc8ccccc8cc6-c6ccccc6Nc6ccccc6-7)cc5)ccc43)c2)cc1. The maximum atomic E-state index is 3.84. The average Bonchev–Trinajstić information content (AvgIpc) is 3.72. The Morgan fingerprint density at radius 1 is 0.242 bits per heavy atom. The minimum atomic E-state index is 1.09. The standard InChI is InChI=1S/C64H42N2/c1-3-15-42(16-4-1)50-33-51(43-17-5-2-6-18-43)38-54(37-50)66-63-26-14-11-23-57(63)60-41-48(31-32-64(60)66)44-27-29-45(30-28-44)49-34-52-36-53(35-49)58-39-46-19-7-8-20-47(46)40-59(58)56-22-10-13-25-62(56)65-61-24-12-9-21-55(52)61/h1-41,65H. The molecule has 0 unspecified atom stereocenters. The summed E-state index contributed by atoms with van der Waals surface area (Å²) < 4.78 is 2.44. The molecule has 1 aliphatic rings. The molecule has 66 heavy (non-hydrogen) atoms. The van der Waals surface area contributed by atoms with E-state index in [1.807, 2.05) is 0 Å². The zero-order chi connectivity index (χ0) is 43.6. The highest BCUT2D eigenvalue weighted by molar-refractivity contribution is 6.11. The number of hydrogen-bond acceptors (Lipinski definition) is 1. The van der Waals surface area contributed by atoms with Crippen LogP contribution in [-0.2, 0) is 0 Å². The van der Waals surface area contributed by atoms with Crippen LogP contribution in [0.3, 0.4) is 0 Å². The smallest absolute Gasteiger partial charge is 0.0541 e. The molecule has 0 saturated heterocycles. The van der Waals surface area contributed by atoms with E-state index in [-0.39, 0.29) is 0 Å². The van der Waals surface area contributed by atoms with Crippen LogP contribution in [0.1, 0.15) is 0 Å². The van der Waals surface area contributed by atoms with Crippen LogP contribution >= 0.6 is 0 Å². The molecule has 1 aliphatic heterocycles. The van der Waals surface area contributed by atoms with E-state index >= 15 is 0 Å². The van der Waals surface area contributed by atoms with E-state index in [9.17, 15) is 0 Å². The highest BCUT2D eigenvalue weighted by Gasteiger charge is 2.20. The molecule has 13 rings (SSSR count). The van der Waals surface area contributed by atoms with E-state index in [1.54, 1.807) is 0 Å². The summed E-state index contributed by atoms with van der Waals surface area (Å²) in [6.45, 7) is 0. The first-order valence-electron chi connectivity index (χ1n) is 22.7. The van der Waals surface area contributed by atoms with Crippen molar-refractivity contribution in [1.29, 1.82) is 0 Å². The third-order valence-electron chi connectivity index (χ3n) is 13.5. The molecule has 2 nitrogen and oxygen atoms in total. The number of nitrogens with one attached hydrogen (secondary N) is 1. The van der Waals surface area contributed by atoms with Crippen molar-refractivity contribution in [2.45, 2.75) is 0 Å². The van der Waals surface area contributed by atoms with Gasteiger partial charge in [0.15, 0.2) is 0 Å². The lowest BCUT2D eigenvalue weighted by molar-refractivity contribution is 1.18. The number of benzene rings is 11. The molecule has 0 fully saturated rings. The summed E-state index contributed by atoms with van der Waals surface area (Å²) in [6.07, 6.45) is 0. The van der Waals surface area contributed by atoms with Crippen molar-refractivity contribution in [1.82, 2.24) is 4.57 Å². The van der Waals surface area contributed by atoms with Crippen LogP contribution in [0.15, 0.2) is 249 Å². The summed E-state index contributed by atoms with van der Waals surface area (Å²) in [4.78, 5) is 0. The van der Waals surface area contributed by atoms with Crippen molar-refractivity contribution in [3.63, 3.8) is 0 Å². The fourth-order valence-electron chi connectivity index (χ4n) is 10.2. The van der Waals surface area contributed by atoms with Gasteiger partial charge in [0.05, 0.1) is 11.0 Å². The Kier molecular flexibility index (Phi) is 8.89. The zero-order valence-electron chi connectivity index (χ0n) is 36.1. The number of aromatic nitrogens is 1. The maximum Gasteiger partial charge on any atom is 0.0541 e. The van der Waals surface area contributed by atoms with E-state index < -0.39 is 0 Å². The predicted molar refractivity (Wildman–Crippen MR) is 280 cm³/mol. The van der Waals surface area contributed by atoms with Gasteiger partial charge in [-0.15, -0.1) is 0 Å². The number of nitrogens with zero attached hydrogens (tertiary/aromatic N) is 1. The van der Waals surface area contributed by atoms with Gasteiger partial charge in [-0.1, -0.05) is 170 Å². The molecular formula is C64H42N2. The number of para-hydroxylation sites is 3. The van der Waals surface area contributed by atoms with Crippen LogP contribution in [0.5, 0.6) is 0 Å². The number of hydrogen-bond donors (Lipinski definition) is 1. The highest BCUT2D eigenvalue weighted by Crippen LogP contribution is 2.46. The maximum absolute atomic E-state index is 3.84. The van der Waals surface area contributed by atoms with Crippen LogP contribution < -0.4 is 5.32 Å².